The molecule has 1 N–H and O–H groups in total. The van der Waals surface area contributed by atoms with Gasteiger partial charge in [0.25, 0.3) is 0 Å². The van der Waals surface area contributed by atoms with Gasteiger partial charge in [-0.2, -0.15) is 0 Å². The van der Waals surface area contributed by atoms with Crippen molar-refractivity contribution in [1.29, 1.82) is 0 Å². The number of carbonyl (C=O) groups excluding carboxylic acids is 2. The van der Waals surface area contributed by atoms with Gasteiger partial charge in [-0.25, -0.2) is 0 Å². The number of nitrogens with zero attached hydrogens (tertiary/aromatic N) is 1. The normalized spacial score (nSPS) is 13.3. The van der Waals surface area contributed by atoms with Crippen LogP contribution in [0.4, 0.5) is 5.69 Å². The van der Waals surface area contributed by atoms with Crippen LogP contribution in [0, 0.1) is 0 Å². The Morgan fingerprint density at radius 2 is 1.83 bits per heavy atom. The van der Waals surface area contributed by atoms with Gasteiger partial charge in [0.05, 0.1) is 13.0 Å². The molecule has 124 valence electrons. The summed E-state index contributed by atoms with van der Waals surface area (Å²) in [4.78, 5) is 26.4. The molecule has 0 atom stereocenters. The Kier molecular flexibility index (Phi) is 5.30. The van der Waals surface area contributed by atoms with E-state index in [-0.39, 0.29) is 24.8 Å². The van der Waals surface area contributed by atoms with Crippen LogP contribution in [0.1, 0.15) is 17.5 Å². The average Bonchev–Trinajstić information content (AvgIpc) is 2.61. The van der Waals surface area contributed by atoms with E-state index in [2.05, 4.69) is 27.3 Å². The molecule has 0 aliphatic carbocycles. The zero-order valence-electron chi connectivity index (χ0n) is 13.3. The van der Waals surface area contributed by atoms with Crippen LogP contribution in [0.15, 0.2) is 53.0 Å². The smallest absolute Gasteiger partial charge is 0.246 e. The fourth-order valence-corrected chi connectivity index (χ4v) is 3.36. The summed E-state index contributed by atoms with van der Waals surface area (Å²) in [6.07, 6.45) is 2.20. The summed E-state index contributed by atoms with van der Waals surface area (Å²) < 4.78 is 0.899. The Morgan fingerprint density at radius 3 is 2.67 bits per heavy atom. The molecule has 1 aliphatic heterocycles. The molecule has 1 heterocycles. The van der Waals surface area contributed by atoms with Gasteiger partial charge in [-0.05, 0) is 36.1 Å². The highest BCUT2D eigenvalue weighted by Gasteiger charge is 2.22. The van der Waals surface area contributed by atoms with Crippen molar-refractivity contribution in [2.45, 2.75) is 19.3 Å². The van der Waals surface area contributed by atoms with Crippen molar-refractivity contribution in [1.82, 2.24) is 5.32 Å². The molecular formula is C19H19BrN2O2. The first kappa shape index (κ1) is 16.7. The van der Waals surface area contributed by atoms with Crippen LogP contribution in [-0.2, 0) is 22.4 Å². The van der Waals surface area contributed by atoms with Crippen molar-refractivity contribution >= 4 is 33.4 Å². The van der Waals surface area contributed by atoms with E-state index in [4.69, 9.17) is 0 Å². The van der Waals surface area contributed by atoms with Gasteiger partial charge in [0, 0.05) is 16.7 Å². The minimum atomic E-state index is -0.152. The second-order valence-electron chi connectivity index (χ2n) is 5.82. The van der Waals surface area contributed by atoms with Crippen LogP contribution < -0.4 is 10.2 Å². The molecule has 0 unspecified atom stereocenters. The van der Waals surface area contributed by atoms with E-state index in [0.29, 0.717) is 6.54 Å². The monoisotopic (exact) mass is 386 g/mol. The molecular weight excluding hydrogens is 368 g/mol. The lowest BCUT2D eigenvalue weighted by atomic mass is 10.0. The van der Waals surface area contributed by atoms with Crippen LogP contribution in [0.25, 0.3) is 0 Å². The summed E-state index contributed by atoms with van der Waals surface area (Å²) in [6, 6.07) is 15.6. The molecule has 24 heavy (non-hydrogen) atoms. The minimum absolute atomic E-state index is 0.0254. The molecule has 0 aromatic heterocycles. The Balaban J connectivity index is 1.58. The van der Waals surface area contributed by atoms with E-state index in [1.165, 1.54) is 5.56 Å². The van der Waals surface area contributed by atoms with E-state index in [1.807, 2.05) is 42.5 Å². The van der Waals surface area contributed by atoms with Crippen LogP contribution in [0.2, 0.25) is 0 Å². The van der Waals surface area contributed by atoms with Crippen LogP contribution >= 0.6 is 15.9 Å². The third-order valence-corrected chi connectivity index (χ3v) is 4.93. The number of para-hydroxylation sites is 1. The summed E-state index contributed by atoms with van der Waals surface area (Å²) in [6.45, 7) is 0.730. The summed E-state index contributed by atoms with van der Waals surface area (Å²) in [5, 5.41) is 2.74. The maximum atomic E-state index is 12.5. The number of hydrogen-bond acceptors (Lipinski definition) is 2. The molecule has 0 radical (unpaired) electrons. The first-order chi connectivity index (χ1) is 11.6. The lowest BCUT2D eigenvalue weighted by Gasteiger charge is -2.29. The zero-order chi connectivity index (χ0) is 16.9. The van der Waals surface area contributed by atoms with Gasteiger partial charge in [0.2, 0.25) is 11.8 Å². The molecule has 2 aromatic carbocycles. The molecule has 0 bridgehead atoms. The number of carbonyl (C=O) groups is 2. The Bertz CT molecular complexity index is 761. The Morgan fingerprint density at radius 1 is 1.08 bits per heavy atom. The van der Waals surface area contributed by atoms with Crippen molar-refractivity contribution < 1.29 is 9.59 Å². The number of hydrogen-bond donors (Lipinski definition) is 1. The lowest BCUT2D eigenvalue weighted by molar-refractivity contribution is -0.124. The fourth-order valence-electron chi connectivity index (χ4n) is 2.94. The molecule has 1 aliphatic rings. The van der Waals surface area contributed by atoms with E-state index in [1.54, 1.807) is 4.90 Å². The minimum Gasteiger partial charge on any atom is -0.347 e. The second kappa shape index (κ2) is 7.62. The predicted octanol–water partition coefficient (Wildman–Crippen LogP) is 3.09. The van der Waals surface area contributed by atoms with Crippen LogP contribution in [-0.4, -0.2) is 24.9 Å². The number of benzene rings is 2. The summed E-state index contributed by atoms with van der Waals surface area (Å²) in [5.74, 6) is -0.219. The van der Waals surface area contributed by atoms with Gasteiger partial charge < -0.3 is 10.2 Å². The lowest BCUT2D eigenvalue weighted by Crippen LogP contribution is -2.43. The largest absolute Gasteiger partial charge is 0.347 e. The molecule has 0 fully saturated rings. The Labute approximate surface area is 150 Å². The maximum absolute atomic E-state index is 12.5. The Hall–Kier alpha value is -2.14. The van der Waals surface area contributed by atoms with Gasteiger partial charge in [-0.15, -0.1) is 0 Å². The zero-order valence-corrected chi connectivity index (χ0v) is 14.9. The predicted molar refractivity (Wildman–Crippen MR) is 98.0 cm³/mol. The van der Waals surface area contributed by atoms with E-state index in [9.17, 15) is 9.59 Å². The number of fused-ring (bicyclic) bond motifs is 1. The molecule has 0 spiro atoms. The molecule has 0 saturated heterocycles. The van der Waals surface area contributed by atoms with Crippen LogP contribution in [0.3, 0.4) is 0 Å². The molecule has 0 saturated carbocycles. The van der Waals surface area contributed by atoms with E-state index >= 15 is 0 Å². The number of amides is 2. The first-order valence-corrected chi connectivity index (χ1v) is 8.83. The van der Waals surface area contributed by atoms with Gasteiger partial charge >= 0.3 is 0 Å². The van der Waals surface area contributed by atoms with Crippen molar-refractivity contribution in [3.05, 3.63) is 64.1 Å². The van der Waals surface area contributed by atoms with E-state index in [0.717, 1.165) is 28.6 Å². The van der Waals surface area contributed by atoms with Gasteiger partial charge in [-0.3, -0.25) is 9.59 Å². The highest BCUT2D eigenvalue weighted by atomic mass is 79.9. The van der Waals surface area contributed by atoms with Gasteiger partial charge in [0.1, 0.15) is 0 Å². The number of anilines is 1. The van der Waals surface area contributed by atoms with Crippen molar-refractivity contribution in [2.75, 3.05) is 18.0 Å². The number of aryl methyl sites for hydroxylation is 1. The number of nitrogens with one attached hydrogen (secondary N) is 1. The standard InChI is InChI=1S/C19H19BrN2O2/c20-16-9-3-1-7-15(16)12-18(23)21-13-19(24)22-11-5-8-14-6-2-4-10-17(14)22/h1-4,6-7,9-10H,5,8,11-13H2,(H,21,23). The molecule has 2 amide bonds. The molecule has 3 rings (SSSR count). The SMILES string of the molecule is O=C(Cc1ccccc1Br)NCC(=O)N1CCCc2ccccc21. The van der Waals surface area contributed by atoms with Crippen molar-refractivity contribution in [3.63, 3.8) is 0 Å². The first-order valence-electron chi connectivity index (χ1n) is 8.03. The van der Waals surface area contributed by atoms with Gasteiger partial charge in [-0.1, -0.05) is 52.3 Å². The molecule has 5 heteroatoms. The maximum Gasteiger partial charge on any atom is 0.246 e. The fraction of sp³-hybridized carbons (Fsp3) is 0.263. The highest BCUT2D eigenvalue weighted by Crippen LogP contribution is 2.26. The summed E-state index contributed by atoms with van der Waals surface area (Å²) in [7, 11) is 0. The van der Waals surface area contributed by atoms with Gasteiger partial charge in [0.15, 0.2) is 0 Å². The molecule has 2 aromatic rings. The van der Waals surface area contributed by atoms with Crippen LogP contribution in [0.5, 0.6) is 0 Å². The topological polar surface area (TPSA) is 49.4 Å². The summed E-state index contributed by atoms with van der Waals surface area (Å²) in [5.41, 5.74) is 3.07. The number of halogens is 1. The highest BCUT2D eigenvalue weighted by molar-refractivity contribution is 9.10. The van der Waals surface area contributed by atoms with Crippen molar-refractivity contribution in [3.8, 4) is 0 Å². The number of rotatable bonds is 4. The average molecular weight is 387 g/mol. The molecule has 4 nitrogen and oxygen atoms in total. The quantitative estimate of drug-likeness (QED) is 0.877. The summed E-state index contributed by atoms with van der Waals surface area (Å²) >= 11 is 3.43. The third-order valence-electron chi connectivity index (χ3n) is 4.16. The van der Waals surface area contributed by atoms with Crippen molar-refractivity contribution in [2.24, 2.45) is 0 Å². The van der Waals surface area contributed by atoms with E-state index < -0.39 is 0 Å². The third kappa shape index (κ3) is 3.85. The second-order valence-corrected chi connectivity index (χ2v) is 6.68.